The topological polar surface area (TPSA) is 81.9 Å². The van der Waals surface area contributed by atoms with E-state index in [2.05, 4.69) is 9.64 Å². The Hall–Kier alpha value is -1.92. The fourth-order valence-electron chi connectivity index (χ4n) is 2.35. The summed E-state index contributed by atoms with van der Waals surface area (Å²) in [7, 11) is 1.38. The van der Waals surface area contributed by atoms with Crippen molar-refractivity contribution in [3.63, 3.8) is 0 Å². The number of methoxy groups -OCH3 is 1. The zero-order valence-corrected chi connectivity index (χ0v) is 12.1. The predicted octanol–water partition coefficient (Wildman–Crippen LogP) is 0.549. The first kappa shape index (κ1) is 15.5. The molecule has 1 aromatic rings. The van der Waals surface area contributed by atoms with Crippen LogP contribution in [0, 0.1) is 0 Å². The largest absolute Gasteiger partial charge is 0.469 e. The maximum absolute atomic E-state index is 11.3. The molecule has 1 aliphatic heterocycles. The number of carbonyl (C=O) groups is 2. The number of hydrogen-bond donors (Lipinski definition) is 1. The Morgan fingerprint density at radius 3 is 2.71 bits per heavy atom. The van der Waals surface area contributed by atoms with E-state index in [1.165, 1.54) is 7.11 Å². The van der Waals surface area contributed by atoms with Crippen LogP contribution in [0.5, 0.6) is 0 Å². The van der Waals surface area contributed by atoms with Crippen molar-refractivity contribution in [2.75, 3.05) is 26.8 Å². The van der Waals surface area contributed by atoms with Crippen molar-refractivity contribution < 1.29 is 19.1 Å². The van der Waals surface area contributed by atoms with Crippen LogP contribution >= 0.6 is 0 Å². The summed E-state index contributed by atoms with van der Waals surface area (Å²) in [6.07, 6.45) is 0.143. The van der Waals surface area contributed by atoms with Crippen LogP contribution < -0.4 is 5.73 Å². The molecule has 2 rings (SSSR count). The Kier molecular flexibility index (Phi) is 5.30. The number of carbonyl (C=O) groups excluding carboxylic acids is 2. The lowest BCUT2D eigenvalue weighted by atomic mass is 10.1. The van der Waals surface area contributed by atoms with E-state index in [0.29, 0.717) is 18.7 Å². The Bertz CT molecular complexity index is 501. The van der Waals surface area contributed by atoms with E-state index in [0.717, 1.165) is 18.7 Å². The van der Waals surface area contributed by atoms with Gasteiger partial charge >= 0.3 is 5.97 Å². The fourth-order valence-corrected chi connectivity index (χ4v) is 2.35. The monoisotopic (exact) mass is 292 g/mol. The number of nitrogens with two attached hydrogens (primary N) is 1. The third kappa shape index (κ3) is 4.54. The molecule has 0 saturated carbocycles. The number of benzene rings is 1. The lowest BCUT2D eigenvalue weighted by Gasteiger charge is -2.32. The summed E-state index contributed by atoms with van der Waals surface area (Å²) in [4.78, 5) is 24.5. The van der Waals surface area contributed by atoms with Crippen LogP contribution in [0.25, 0.3) is 0 Å². The van der Waals surface area contributed by atoms with Gasteiger partial charge in [0.15, 0.2) is 0 Å². The van der Waals surface area contributed by atoms with Gasteiger partial charge in [-0.3, -0.25) is 14.5 Å². The minimum absolute atomic E-state index is 0.129. The summed E-state index contributed by atoms with van der Waals surface area (Å²) in [5.74, 6) is -0.682. The van der Waals surface area contributed by atoms with Crippen LogP contribution in [-0.2, 0) is 20.8 Å². The van der Waals surface area contributed by atoms with E-state index in [1.807, 2.05) is 12.1 Å². The lowest BCUT2D eigenvalue weighted by molar-refractivity contribution is -0.145. The van der Waals surface area contributed by atoms with E-state index in [4.69, 9.17) is 10.5 Å². The number of esters is 1. The molecule has 21 heavy (non-hydrogen) atoms. The first-order valence-corrected chi connectivity index (χ1v) is 6.88. The molecule has 0 spiro atoms. The second-order valence-electron chi connectivity index (χ2n) is 5.07. The number of primary amides is 1. The minimum Gasteiger partial charge on any atom is -0.469 e. The molecule has 1 heterocycles. The molecule has 1 aliphatic rings. The van der Waals surface area contributed by atoms with Gasteiger partial charge < -0.3 is 15.2 Å². The van der Waals surface area contributed by atoms with Crippen LogP contribution in [0.4, 0.5) is 0 Å². The van der Waals surface area contributed by atoms with E-state index >= 15 is 0 Å². The van der Waals surface area contributed by atoms with Crippen molar-refractivity contribution in [3.8, 4) is 0 Å². The number of ether oxygens (including phenoxy) is 2. The molecule has 6 nitrogen and oxygen atoms in total. The van der Waals surface area contributed by atoms with E-state index in [-0.39, 0.29) is 18.5 Å². The first-order chi connectivity index (χ1) is 10.1. The molecule has 1 unspecified atom stereocenters. The summed E-state index contributed by atoms with van der Waals surface area (Å²) in [6, 6.07) is 7.24. The van der Waals surface area contributed by atoms with Crippen molar-refractivity contribution in [2.24, 2.45) is 5.73 Å². The normalized spacial score (nSPS) is 19.2. The minimum atomic E-state index is -0.425. The maximum Gasteiger partial charge on any atom is 0.308 e. The molecule has 1 amide bonds. The second kappa shape index (κ2) is 7.19. The average molecular weight is 292 g/mol. The Morgan fingerprint density at radius 2 is 2.10 bits per heavy atom. The van der Waals surface area contributed by atoms with Crippen LogP contribution in [0.1, 0.15) is 22.3 Å². The Labute approximate surface area is 123 Å². The highest BCUT2D eigenvalue weighted by atomic mass is 16.5. The standard InChI is InChI=1S/C15H20N2O4/c1-20-14(18)8-13-10-17(6-7-21-13)9-11-2-4-12(5-3-11)15(16)19/h2-5,13H,6-10H2,1H3,(H2,16,19). The van der Waals surface area contributed by atoms with Gasteiger partial charge in [0.05, 0.1) is 26.2 Å². The van der Waals surface area contributed by atoms with Gasteiger partial charge in [-0.1, -0.05) is 12.1 Å². The van der Waals surface area contributed by atoms with Crippen molar-refractivity contribution >= 4 is 11.9 Å². The molecule has 1 atom stereocenters. The van der Waals surface area contributed by atoms with Gasteiger partial charge in [-0.25, -0.2) is 0 Å². The summed E-state index contributed by atoms with van der Waals surface area (Å²) in [5.41, 5.74) is 6.82. The van der Waals surface area contributed by atoms with Crippen molar-refractivity contribution in [2.45, 2.75) is 19.1 Å². The fraction of sp³-hybridized carbons (Fsp3) is 0.467. The number of amides is 1. The van der Waals surface area contributed by atoms with Gasteiger partial charge in [0.2, 0.25) is 5.91 Å². The Morgan fingerprint density at radius 1 is 1.38 bits per heavy atom. The molecule has 6 heteroatoms. The highest BCUT2D eigenvalue weighted by Gasteiger charge is 2.23. The van der Waals surface area contributed by atoms with Crippen LogP contribution in [0.3, 0.4) is 0 Å². The van der Waals surface area contributed by atoms with Gasteiger partial charge in [0.25, 0.3) is 0 Å². The Balaban J connectivity index is 1.90. The summed E-state index contributed by atoms with van der Waals surface area (Å²) < 4.78 is 10.2. The third-order valence-electron chi connectivity index (χ3n) is 3.49. The van der Waals surface area contributed by atoms with Gasteiger partial charge in [-0.05, 0) is 17.7 Å². The molecule has 1 aromatic carbocycles. The van der Waals surface area contributed by atoms with Gasteiger partial charge in [0.1, 0.15) is 0 Å². The zero-order chi connectivity index (χ0) is 15.2. The molecular formula is C15H20N2O4. The van der Waals surface area contributed by atoms with Crippen LogP contribution in [-0.4, -0.2) is 49.7 Å². The summed E-state index contributed by atoms with van der Waals surface area (Å²) >= 11 is 0. The highest BCUT2D eigenvalue weighted by Crippen LogP contribution is 2.13. The van der Waals surface area contributed by atoms with Gasteiger partial charge in [0, 0.05) is 25.2 Å². The summed E-state index contributed by atoms with van der Waals surface area (Å²) in [5, 5.41) is 0. The lowest BCUT2D eigenvalue weighted by Crippen LogP contribution is -2.42. The molecule has 0 aliphatic carbocycles. The number of hydrogen-bond acceptors (Lipinski definition) is 5. The highest BCUT2D eigenvalue weighted by molar-refractivity contribution is 5.92. The maximum atomic E-state index is 11.3. The van der Waals surface area contributed by atoms with E-state index in [1.54, 1.807) is 12.1 Å². The van der Waals surface area contributed by atoms with Gasteiger partial charge in [-0.15, -0.1) is 0 Å². The van der Waals surface area contributed by atoms with Crippen LogP contribution in [0.15, 0.2) is 24.3 Å². The van der Waals surface area contributed by atoms with E-state index in [9.17, 15) is 9.59 Å². The number of nitrogens with zero attached hydrogens (tertiary/aromatic N) is 1. The molecule has 0 radical (unpaired) electrons. The molecule has 1 fully saturated rings. The van der Waals surface area contributed by atoms with Crippen molar-refractivity contribution in [1.82, 2.24) is 4.90 Å². The predicted molar refractivity (Wildman–Crippen MR) is 76.6 cm³/mol. The van der Waals surface area contributed by atoms with Crippen LogP contribution in [0.2, 0.25) is 0 Å². The summed E-state index contributed by atoms with van der Waals surface area (Å²) in [6.45, 7) is 2.85. The molecule has 1 saturated heterocycles. The van der Waals surface area contributed by atoms with Crippen molar-refractivity contribution in [1.29, 1.82) is 0 Å². The molecule has 0 aromatic heterocycles. The molecule has 2 N–H and O–H groups in total. The smallest absolute Gasteiger partial charge is 0.308 e. The number of morpholine rings is 1. The number of rotatable bonds is 5. The quantitative estimate of drug-likeness (QED) is 0.801. The SMILES string of the molecule is COC(=O)CC1CN(Cc2ccc(C(N)=O)cc2)CCO1. The zero-order valence-electron chi connectivity index (χ0n) is 12.1. The van der Waals surface area contributed by atoms with Gasteiger partial charge in [-0.2, -0.15) is 0 Å². The van der Waals surface area contributed by atoms with E-state index < -0.39 is 5.91 Å². The average Bonchev–Trinajstić information content (AvgIpc) is 2.48. The molecule has 0 bridgehead atoms. The molecular weight excluding hydrogens is 272 g/mol. The first-order valence-electron chi connectivity index (χ1n) is 6.88. The third-order valence-corrected chi connectivity index (χ3v) is 3.49. The van der Waals surface area contributed by atoms with Crippen molar-refractivity contribution in [3.05, 3.63) is 35.4 Å². The molecule has 114 valence electrons. The second-order valence-corrected chi connectivity index (χ2v) is 5.07.